The van der Waals surface area contributed by atoms with Crippen LogP contribution in [0.4, 0.5) is 10.3 Å². The number of oxazole rings is 1. The number of nitrogens with one attached hydrogen (secondary N) is 1. The summed E-state index contributed by atoms with van der Waals surface area (Å²) >= 11 is 0. The molecule has 4 heterocycles. The third kappa shape index (κ3) is 4.73. The first-order chi connectivity index (χ1) is 18.9. The molecule has 6 rings (SSSR count). The van der Waals surface area contributed by atoms with Gasteiger partial charge in [0.25, 0.3) is 0 Å². The fraction of sp³-hybridized carbons (Fsp3) is 0.185. The van der Waals surface area contributed by atoms with Gasteiger partial charge in [-0.2, -0.15) is 14.6 Å². The van der Waals surface area contributed by atoms with Crippen molar-refractivity contribution in [1.29, 1.82) is 5.26 Å². The SMILES string of the molecule is N#Cc1ccc(S(=O)(=O)N2CCC[C@H](Nc3nccc(-c4c(-c5ccc(F)cc5)nc5occn45)n3)C2)cc1. The second-order valence-electron chi connectivity index (χ2n) is 9.12. The van der Waals surface area contributed by atoms with Crippen LogP contribution in [0.3, 0.4) is 0 Å². The summed E-state index contributed by atoms with van der Waals surface area (Å²) in [6.07, 6.45) is 6.28. The van der Waals surface area contributed by atoms with Crippen molar-refractivity contribution in [3.63, 3.8) is 0 Å². The predicted octanol–water partition coefficient (Wildman–Crippen LogP) is 4.33. The molecular weight excluding hydrogens is 521 g/mol. The molecule has 0 amide bonds. The Labute approximate surface area is 223 Å². The van der Waals surface area contributed by atoms with Crippen molar-refractivity contribution in [1.82, 2.24) is 23.7 Å². The Morgan fingerprint density at radius 1 is 1.08 bits per heavy atom. The molecule has 1 N–H and O–H groups in total. The Hall–Kier alpha value is -4.60. The zero-order valence-corrected chi connectivity index (χ0v) is 21.3. The van der Waals surface area contributed by atoms with E-state index in [0.717, 1.165) is 6.42 Å². The first kappa shape index (κ1) is 24.7. The summed E-state index contributed by atoms with van der Waals surface area (Å²) in [6, 6.07) is 15.5. The maximum atomic E-state index is 13.5. The van der Waals surface area contributed by atoms with E-state index in [9.17, 15) is 12.8 Å². The lowest BCUT2D eigenvalue weighted by Gasteiger charge is -2.32. The van der Waals surface area contributed by atoms with Crippen molar-refractivity contribution in [2.24, 2.45) is 0 Å². The Morgan fingerprint density at radius 3 is 2.64 bits per heavy atom. The molecule has 1 atom stereocenters. The lowest BCUT2D eigenvalue weighted by molar-refractivity contribution is 0.326. The highest BCUT2D eigenvalue weighted by molar-refractivity contribution is 7.89. The number of anilines is 1. The zero-order chi connectivity index (χ0) is 27.0. The van der Waals surface area contributed by atoms with E-state index >= 15 is 0 Å². The summed E-state index contributed by atoms with van der Waals surface area (Å²) in [5, 5.41) is 12.3. The van der Waals surface area contributed by atoms with E-state index in [1.807, 2.05) is 6.07 Å². The van der Waals surface area contributed by atoms with Crippen LogP contribution in [0.5, 0.6) is 0 Å². The third-order valence-corrected chi connectivity index (χ3v) is 8.50. The van der Waals surface area contributed by atoms with E-state index < -0.39 is 10.0 Å². The molecule has 1 aliphatic rings. The molecule has 1 saturated heterocycles. The molecule has 12 heteroatoms. The van der Waals surface area contributed by atoms with Gasteiger partial charge in [0, 0.05) is 37.1 Å². The van der Waals surface area contributed by atoms with Crippen LogP contribution >= 0.6 is 0 Å². The Balaban J connectivity index is 1.26. The Bertz CT molecular complexity index is 1790. The lowest BCUT2D eigenvalue weighted by Crippen LogP contribution is -2.45. The summed E-state index contributed by atoms with van der Waals surface area (Å²) in [5.74, 6) is 0.367. The predicted molar refractivity (Wildman–Crippen MR) is 140 cm³/mol. The molecule has 0 bridgehead atoms. The second-order valence-corrected chi connectivity index (χ2v) is 11.1. The van der Waals surface area contributed by atoms with Gasteiger partial charge >= 0.3 is 5.84 Å². The van der Waals surface area contributed by atoms with E-state index in [4.69, 9.17) is 14.7 Å². The van der Waals surface area contributed by atoms with E-state index in [0.29, 0.717) is 53.0 Å². The highest BCUT2D eigenvalue weighted by Crippen LogP contribution is 2.32. The first-order valence-corrected chi connectivity index (χ1v) is 13.7. The molecule has 2 aromatic carbocycles. The Kier molecular flexibility index (Phi) is 6.30. The number of sulfonamides is 1. The third-order valence-electron chi connectivity index (χ3n) is 6.62. The standard InChI is InChI=1S/C27H22FN7O3S/c28-20-7-5-19(6-8-20)24-25(35-14-15-38-27(35)33-24)23-11-12-30-26(32-23)31-21-2-1-13-34(17-21)39(36,37)22-9-3-18(16-29)4-10-22/h3-12,14-15,21H,1-2,13,17H2,(H,30,31,32)/t21-/m0/s1. The normalized spacial score (nSPS) is 16.3. The minimum Gasteiger partial charge on any atom is -0.432 e. The van der Waals surface area contributed by atoms with Crippen LogP contribution in [-0.2, 0) is 10.0 Å². The molecule has 1 fully saturated rings. The largest absolute Gasteiger partial charge is 0.432 e. The maximum Gasteiger partial charge on any atom is 0.306 e. The lowest BCUT2D eigenvalue weighted by atomic mass is 10.1. The summed E-state index contributed by atoms with van der Waals surface area (Å²) < 4.78 is 48.7. The van der Waals surface area contributed by atoms with Crippen LogP contribution < -0.4 is 5.32 Å². The van der Waals surface area contributed by atoms with Gasteiger partial charge in [-0.25, -0.2) is 22.8 Å². The van der Waals surface area contributed by atoms with E-state index in [2.05, 4.69) is 15.3 Å². The van der Waals surface area contributed by atoms with Gasteiger partial charge in [-0.15, -0.1) is 0 Å². The average Bonchev–Trinajstić information content (AvgIpc) is 3.55. The summed E-state index contributed by atoms with van der Waals surface area (Å²) in [7, 11) is -3.72. The van der Waals surface area contributed by atoms with Gasteiger partial charge in [-0.3, -0.25) is 4.40 Å². The molecule has 10 nitrogen and oxygen atoms in total. The number of rotatable bonds is 6. The number of hydrogen-bond donors (Lipinski definition) is 1. The van der Waals surface area contributed by atoms with Gasteiger partial charge in [-0.05, 0) is 67.4 Å². The van der Waals surface area contributed by atoms with Crippen molar-refractivity contribution < 1.29 is 17.2 Å². The summed E-state index contributed by atoms with van der Waals surface area (Å²) in [6.45, 7) is 0.645. The fourth-order valence-corrected chi connectivity index (χ4v) is 6.24. The zero-order valence-electron chi connectivity index (χ0n) is 20.5. The highest BCUT2D eigenvalue weighted by Gasteiger charge is 2.31. The van der Waals surface area contributed by atoms with Crippen molar-refractivity contribution in [2.45, 2.75) is 23.8 Å². The quantitative estimate of drug-likeness (QED) is 0.335. The number of nitriles is 1. The molecule has 0 spiro atoms. The van der Waals surface area contributed by atoms with Gasteiger partial charge in [0.15, 0.2) is 0 Å². The molecule has 0 saturated carbocycles. The first-order valence-electron chi connectivity index (χ1n) is 12.2. The van der Waals surface area contributed by atoms with Crippen molar-refractivity contribution in [3.05, 3.63) is 84.6 Å². The average molecular weight is 544 g/mol. The molecule has 0 aliphatic carbocycles. The number of piperidine rings is 1. The second kappa shape index (κ2) is 9.94. The van der Waals surface area contributed by atoms with Gasteiger partial charge in [0.05, 0.1) is 22.2 Å². The van der Waals surface area contributed by atoms with Crippen LogP contribution in [0.15, 0.2) is 82.6 Å². The number of nitrogens with zero attached hydrogens (tertiary/aromatic N) is 6. The van der Waals surface area contributed by atoms with Crippen LogP contribution in [0.25, 0.3) is 28.5 Å². The van der Waals surface area contributed by atoms with E-state index in [1.165, 1.54) is 47.0 Å². The van der Waals surface area contributed by atoms with E-state index in [1.54, 1.807) is 35.0 Å². The van der Waals surface area contributed by atoms with Crippen molar-refractivity contribution in [3.8, 4) is 28.7 Å². The summed E-state index contributed by atoms with van der Waals surface area (Å²) in [4.78, 5) is 13.8. The number of halogens is 1. The monoisotopic (exact) mass is 543 g/mol. The van der Waals surface area contributed by atoms with Crippen LogP contribution in [0.2, 0.25) is 0 Å². The molecule has 0 unspecified atom stereocenters. The van der Waals surface area contributed by atoms with Gasteiger partial charge < -0.3 is 9.73 Å². The fourth-order valence-electron chi connectivity index (χ4n) is 4.71. The topological polar surface area (TPSA) is 129 Å². The van der Waals surface area contributed by atoms with Crippen LogP contribution in [-0.4, -0.2) is 51.2 Å². The minimum atomic E-state index is -3.72. The number of benzene rings is 2. The van der Waals surface area contributed by atoms with E-state index in [-0.39, 0.29) is 23.3 Å². The smallest absolute Gasteiger partial charge is 0.306 e. The Morgan fingerprint density at radius 2 is 1.87 bits per heavy atom. The molecule has 39 heavy (non-hydrogen) atoms. The van der Waals surface area contributed by atoms with Crippen molar-refractivity contribution >= 4 is 21.8 Å². The van der Waals surface area contributed by atoms with Gasteiger partial charge in [-0.1, -0.05) is 0 Å². The highest BCUT2D eigenvalue weighted by atomic mass is 32.2. The van der Waals surface area contributed by atoms with Crippen LogP contribution in [0, 0.1) is 17.1 Å². The number of fused-ring (bicyclic) bond motifs is 1. The van der Waals surface area contributed by atoms with Gasteiger partial charge in [0.2, 0.25) is 16.0 Å². The maximum absolute atomic E-state index is 13.5. The molecular formula is C27H22FN7O3S. The number of imidazole rings is 1. The van der Waals surface area contributed by atoms with Gasteiger partial charge in [0.1, 0.15) is 23.5 Å². The molecule has 0 radical (unpaired) electrons. The molecule has 196 valence electrons. The number of hydrogen-bond acceptors (Lipinski definition) is 8. The number of aromatic nitrogens is 4. The van der Waals surface area contributed by atoms with Crippen LogP contribution in [0.1, 0.15) is 18.4 Å². The molecule has 5 aromatic rings. The minimum absolute atomic E-state index is 0.151. The van der Waals surface area contributed by atoms with Crippen molar-refractivity contribution in [2.75, 3.05) is 18.4 Å². The molecule has 3 aromatic heterocycles. The molecule has 1 aliphatic heterocycles. The summed E-state index contributed by atoms with van der Waals surface area (Å²) in [5.41, 5.74) is 2.91.